The van der Waals surface area contributed by atoms with Crippen LogP contribution in [0.2, 0.25) is 0 Å². The summed E-state index contributed by atoms with van der Waals surface area (Å²) in [5.41, 5.74) is 1.22. The van der Waals surface area contributed by atoms with E-state index in [4.69, 9.17) is 0 Å². The van der Waals surface area contributed by atoms with E-state index in [1.54, 1.807) is 24.6 Å². The molecule has 0 radical (unpaired) electrons. The van der Waals surface area contributed by atoms with Gasteiger partial charge >= 0.3 is 6.03 Å². The third kappa shape index (κ3) is 4.56. The average Bonchev–Trinajstić information content (AvgIpc) is 3.13. The van der Waals surface area contributed by atoms with E-state index in [0.717, 1.165) is 6.42 Å². The Kier molecular flexibility index (Phi) is 5.28. The van der Waals surface area contributed by atoms with Gasteiger partial charge in [-0.15, -0.1) is 10.2 Å². The number of aromatic nitrogens is 3. The summed E-state index contributed by atoms with van der Waals surface area (Å²) in [4.78, 5) is 14.0. The number of amides is 2. The number of likely N-dealkylation sites (N-methyl/N-ethyl adjacent to an activating group) is 1. The van der Waals surface area contributed by atoms with E-state index in [0.29, 0.717) is 13.1 Å². The summed E-state index contributed by atoms with van der Waals surface area (Å²) in [6, 6.07) is 14.7. The number of rotatable bonds is 6. The quantitative estimate of drug-likeness (QED) is 0.752. The molecule has 1 N–H and O–H groups in total. The molecule has 1 aromatic heterocycles. The van der Waals surface area contributed by atoms with Crippen LogP contribution >= 0.6 is 0 Å². The highest BCUT2D eigenvalue weighted by Crippen LogP contribution is 2.16. The Balaban J connectivity index is 1.51. The second-order valence-corrected chi connectivity index (χ2v) is 6.36. The Bertz CT molecular complexity index is 831. The third-order valence-electron chi connectivity index (χ3n) is 4.23. The summed E-state index contributed by atoms with van der Waals surface area (Å²) in [7, 11) is 1.79. The molecule has 1 unspecified atom stereocenters. The average molecular weight is 337 g/mol. The second-order valence-electron chi connectivity index (χ2n) is 6.36. The number of carbonyl (C=O) groups excluding carboxylic acids is 1. The molecule has 130 valence electrons. The molecule has 0 fully saturated rings. The Labute approximate surface area is 147 Å². The lowest BCUT2D eigenvalue weighted by Gasteiger charge is -2.21. The fourth-order valence-corrected chi connectivity index (χ4v) is 2.80. The van der Waals surface area contributed by atoms with Crippen LogP contribution in [0.3, 0.4) is 0 Å². The van der Waals surface area contributed by atoms with Crippen molar-refractivity contribution in [2.45, 2.75) is 25.9 Å². The lowest BCUT2D eigenvalue weighted by Crippen LogP contribution is -2.43. The molecular weight excluding hydrogens is 314 g/mol. The predicted molar refractivity (Wildman–Crippen MR) is 98.3 cm³/mol. The number of urea groups is 1. The van der Waals surface area contributed by atoms with E-state index in [-0.39, 0.29) is 12.1 Å². The summed E-state index contributed by atoms with van der Waals surface area (Å²) in [6.45, 7) is 3.31. The summed E-state index contributed by atoms with van der Waals surface area (Å²) in [5.74, 6) is 0. The second kappa shape index (κ2) is 7.79. The number of carbonyl (C=O) groups is 1. The van der Waals surface area contributed by atoms with Gasteiger partial charge in [-0.2, -0.15) is 0 Å². The summed E-state index contributed by atoms with van der Waals surface area (Å²) < 4.78 is 1.85. The number of fused-ring (bicyclic) bond motifs is 1. The molecule has 0 bridgehead atoms. The largest absolute Gasteiger partial charge is 0.335 e. The lowest BCUT2D eigenvalue weighted by molar-refractivity contribution is 0.203. The van der Waals surface area contributed by atoms with Crippen molar-refractivity contribution in [3.8, 4) is 0 Å². The summed E-state index contributed by atoms with van der Waals surface area (Å²) >= 11 is 0. The number of benzene rings is 2. The Hall–Kier alpha value is -2.89. The molecule has 0 saturated carbocycles. The molecule has 6 heteroatoms. The van der Waals surface area contributed by atoms with Gasteiger partial charge in [0.1, 0.15) is 12.7 Å². The Morgan fingerprint density at radius 2 is 1.88 bits per heavy atom. The molecule has 3 aromatic rings. The number of nitrogens with one attached hydrogen (secondary N) is 1. The minimum Gasteiger partial charge on any atom is -0.335 e. The highest BCUT2D eigenvalue weighted by atomic mass is 16.2. The first kappa shape index (κ1) is 17.0. The standard InChI is InChI=1S/C19H23N5O/c1-15(11-16-7-8-17-5-3-4-6-18(17)12-16)22-19(25)23(2)9-10-24-13-20-21-14-24/h3-8,12-15H,9-11H2,1-2H3,(H,22,25). The Morgan fingerprint density at radius 1 is 1.16 bits per heavy atom. The van der Waals surface area contributed by atoms with E-state index in [2.05, 4.69) is 45.8 Å². The number of nitrogens with zero attached hydrogens (tertiary/aromatic N) is 4. The van der Waals surface area contributed by atoms with Crippen molar-refractivity contribution in [2.24, 2.45) is 0 Å². The van der Waals surface area contributed by atoms with Gasteiger partial charge in [-0.1, -0.05) is 42.5 Å². The van der Waals surface area contributed by atoms with Gasteiger partial charge in [-0.25, -0.2) is 4.79 Å². The van der Waals surface area contributed by atoms with E-state index in [1.807, 2.05) is 23.6 Å². The van der Waals surface area contributed by atoms with Crippen LogP contribution < -0.4 is 5.32 Å². The summed E-state index contributed by atoms with van der Waals surface area (Å²) in [5, 5.41) is 13.0. The van der Waals surface area contributed by atoms with E-state index in [9.17, 15) is 4.79 Å². The maximum atomic E-state index is 12.3. The SMILES string of the molecule is CC(Cc1ccc2ccccc2c1)NC(=O)N(C)CCn1cnnc1. The van der Waals surface area contributed by atoms with Gasteiger partial charge in [-0.3, -0.25) is 0 Å². The van der Waals surface area contributed by atoms with Crippen molar-refractivity contribution in [2.75, 3.05) is 13.6 Å². The zero-order valence-corrected chi connectivity index (χ0v) is 14.6. The van der Waals surface area contributed by atoms with Gasteiger partial charge in [0.25, 0.3) is 0 Å². The molecule has 0 saturated heterocycles. The fraction of sp³-hybridized carbons (Fsp3) is 0.316. The molecular formula is C19H23N5O. The van der Waals surface area contributed by atoms with Crippen molar-refractivity contribution in [1.82, 2.24) is 25.0 Å². The van der Waals surface area contributed by atoms with Crippen molar-refractivity contribution in [3.05, 3.63) is 60.7 Å². The van der Waals surface area contributed by atoms with E-state index < -0.39 is 0 Å². The van der Waals surface area contributed by atoms with Crippen LogP contribution in [-0.2, 0) is 13.0 Å². The number of hydrogen-bond acceptors (Lipinski definition) is 3. The van der Waals surface area contributed by atoms with Crippen LogP contribution in [0.25, 0.3) is 10.8 Å². The molecule has 3 rings (SSSR count). The normalized spacial score (nSPS) is 12.1. The van der Waals surface area contributed by atoms with Gasteiger partial charge < -0.3 is 14.8 Å². The minimum atomic E-state index is -0.0682. The van der Waals surface area contributed by atoms with Crippen molar-refractivity contribution in [1.29, 1.82) is 0 Å². The van der Waals surface area contributed by atoms with Gasteiger partial charge in [0.15, 0.2) is 0 Å². The van der Waals surface area contributed by atoms with Crippen molar-refractivity contribution < 1.29 is 4.79 Å². The van der Waals surface area contributed by atoms with Crippen LogP contribution in [0.1, 0.15) is 12.5 Å². The molecule has 6 nitrogen and oxygen atoms in total. The van der Waals surface area contributed by atoms with Crippen LogP contribution in [0.5, 0.6) is 0 Å². The zero-order valence-electron chi connectivity index (χ0n) is 14.6. The lowest BCUT2D eigenvalue weighted by atomic mass is 10.0. The van der Waals surface area contributed by atoms with E-state index in [1.165, 1.54) is 16.3 Å². The van der Waals surface area contributed by atoms with Gasteiger partial charge in [0.2, 0.25) is 0 Å². The number of hydrogen-bond donors (Lipinski definition) is 1. The monoisotopic (exact) mass is 337 g/mol. The van der Waals surface area contributed by atoms with Crippen molar-refractivity contribution in [3.63, 3.8) is 0 Å². The van der Waals surface area contributed by atoms with Crippen LogP contribution in [0, 0.1) is 0 Å². The van der Waals surface area contributed by atoms with Crippen molar-refractivity contribution >= 4 is 16.8 Å². The maximum absolute atomic E-state index is 12.3. The third-order valence-corrected chi connectivity index (χ3v) is 4.23. The minimum absolute atomic E-state index is 0.0611. The highest BCUT2D eigenvalue weighted by Gasteiger charge is 2.12. The molecule has 0 aliphatic rings. The zero-order chi connectivity index (χ0) is 17.6. The van der Waals surface area contributed by atoms with Crippen LogP contribution in [0.4, 0.5) is 4.79 Å². The fourth-order valence-electron chi connectivity index (χ4n) is 2.80. The molecule has 1 heterocycles. The molecule has 2 amide bonds. The van der Waals surface area contributed by atoms with Crippen LogP contribution in [0.15, 0.2) is 55.1 Å². The van der Waals surface area contributed by atoms with Gasteiger partial charge in [-0.05, 0) is 29.7 Å². The highest BCUT2D eigenvalue weighted by molar-refractivity contribution is 5.83. The summed E-state index contributed by atoms with van der Waals surface area (Å²) in [6.07, 6.45) is 4.10. The van der Waals surface area contributed by atoms with Crippen LogP contribution in [-0.4, -0.2) is 45.3 Å². The molecule has 2 aromatic carbocycles. The predicted octanol–water partition coefficient (Wildman–Crippen LogP) is 2.70. The first-order valence-corrected chi connectivity index (χ1v) is 8.43. The smallest absolute Gasteiger partial charge is 0.317 e. The van der Waals surface area contributed by atoms with Gasteiger partial charge in [0.05, 0.1) is 0 Å². The first-order valence-electron chi connectivity index (χ1n) is 8.43. The maximum Gasteiger partial charge on any atom is 0.317 e. The molecule has 1 atom stereocenters. The van der Waals surface area contributed by atoms with Gasteiger partial charge in [0, 0.05) is 26.2 Å². The molecule has 0 aliphatic carbocycles. The topological polar surface area (TPSA) is 63.1 Å². The molecule has 25 heavy (non-hydrogen) atoms. The first-order chi connectivity index (χ1) is 12.1. The molecule has 0 spiro atoms. The van der Waals surface area contributed by atoms with E-state index >= 15 is 0 Å². The Morgan fingerprint density at radius 3 is 2.64 bits per heavy atom. The molecule has 0 aliphatic heterocycles.